The maximum Gasteiger partial charge on any atom is 0.267 e. The van der Waals surface area contributed by atoms with Gasteiger partial charge in [0.2, 0.25) is 12.9 Å². The molecular formula is C21H20N2O6. The molecule has 0 saturated carbocycles. The van der Waals surface area contributed by atoms with Gasteiger partial charge in [-0.2, -0.15) is 0 Å². The molecule has 3 aliphatic rings. The number of hydrogen-bond donors (Lipinski definition) is 0. The van der Waals surface area contributed by atoms with Crippen molar-refractivity contribution in [2.75, 3.05) is 39.6 Å². The largest absolute Gasteiger partial charge is 0.485 e. The number of fused-ring (bicyclic) bond motifs is 2. The first-order valence-electron chi connectivity index (χ1n) is 9.55. The van der Waals surface area contributed by atoms with Crippen LogP contribution in [-0.2, 0) is 4.79 Å². The highest BCUT2D eigenvalue weighted by Gasteiger charge is 2.33. The van der Waals surface area contributed by atoms with Crippen LogP contribution in [0.1, 0.15) is 10.4 Å². The summed E-state index contributed by atoms with van der Waals surface area (Å²) in [5.74, 6) is 2.26. The summed E-state index contributed by atoms with van der Waals surface area (Å²) < 4.78 is 22.1. The van der Waals surface area contributed by atoms with Crippen LogP contribution >= 0.6 is 0 Å². The van der Waals surface area contributed by atoms with Gasteiger partial charge in [-0.25, -0.2) is 0 Å². The van der Waals surface area contributed by atoms with E-state index in [-0.39, 0.29) is 25.2 Å². The van der Waals surface area contributed by atoms with Crippen LogP contribution in [0.2, 0.25) is 0 Å². The van der Waals surface area contributed by atoms with Gasteiger partial charge in [0.15, 0.2) is 23.0 Å². The SMILES string of the molecule is O=C(c1ccc2c(c1)OCO2)N1CCN(C(=O)C2COc3ccccc3O2)CC1. The van der Waals surface area contributed by atoms with Crippen molar-refractivity contribution in [1.29, 1.82) is 0 Å². The predicted octanol–water partition coefficient (Wildman–Crippen LogP) is 1.54. The lowest BCUT2D eigenvalue weighted by Gasteiger charge is -2.37. The summed E-state index contributed by atoms with van der Waals surface area (Å²) in [7, 11) is 0. The third-order valence-corrected chi connectivity index (χ3v) is 5.28. The average Bonchev–Trinajstić information content (AvgIpc) is 3.26. The number of ether oxygens (including phenoxy) is 4. The molecule has 0 N–H and O–H groups in total. The minimum absolute atomic E-state index is 0.0819. The molecule has 0 spiro atoms. The first kappa shape index (κ1) is 17.7. The van der Waals surface area contributed by atoms with E-state index in [1.165, 1.54) is 0 Å². The summed E-state index contributed by atoms with van der Waals surface area (Å²) in [6.07, 6.45) is -0.666. The summed E-state index contributed by atoms with van der Waals surface area (Å²) in [5, 5.41) is 0. The van der Waals surface area contributed by atoms with Crippen molar-refractivity contribution < 1.29 is 28.5 Å². The fraction of sp³-hybridized carbons (Fsp3) is 0.333. The van der Waals surface area contributed by atoms with Crippen molar-refractivity contribution in [2.45, 2.75) is 6.10 Å². The number of piperazine rings is 1. The zero-order chi connectivity index (χ0) is 19.8. The maximum absolute atomic E-state index is 12.8. The molecule has 3 heterocycles. The van der Waals surface area contributed by atoms with E-state index >= 15 is 0 Å². The Bertz CT molecular complexity index is 954. The van der Waals surface area contributed by atoms with Gasteiger partial charge in [0.1, 0.15) is 6.61 Å². The van der Waals surface area contributed by atoms with Crippen LogP contribution in [0, 0.1) is 0 Å². The molecular weight excluding hydrogens is 376 g/mol. The van der Waals surface area contributed by atoms with Gasteiger partial charge in [-0.05, 0) is 30.3 Å². The molecule has 2 amide bonds. The predicted molar refractivity (Wildman–Crippen MR) is 101 cm³/mol. The zero-order valence-electron chi connectivity index (χ0n) is 15.7. The molecule has 3 aliphatic heterocycles. The molecule has 1 atom stereocenters. The fourth-order valence-electron chi connectivity index (χ4n) is 3.69. The quantitative estimate of drug-likeness (QED) is 0.767. The van der Waals surface area contributed by atoms with Gasteiger partial charge in [0.05, 0.1) is 0 Å². The van der Waals surface area contributed by atoms with E-state index in [1.807, 2.05) is 18.2 Å². The van der Waals surface area contributed by atoms with E-state index in [9.17, 15) is 9.59 Å². The molecule has 0 radical (unpaired) electrons. The lowest BCUT2D eigenvalue weighted by Crippen LogP contribution is -2.55. The topological polar surface area (TPSA) is 77.5 Å². The van der Waals surface area contributed by atoms with Gasteiger partial charge in [-0.15, -0.1) is 0 Å². The Morgan fingerprint density at radius 3 is 2.31 bits per heavy atom. The van der Waals surface area contributed by atoms with Crippen molar-refractivity contribution in [3.8, 4) is 23.0 Å². The summed E-state index contributed by atoms with van der Waals surface area (Å²) in [5.41, 5.74) is 0.551. The number of benzene rings is 2. The Kier molecular flexibility index (Phi) is 4.38. The molecule has 2 aromatic carbocycles. The lowest BCUT2D eigenvalue weighted by atomic mass is 10.1. The average molecular weight is 396 g/mol. The molecule has 8 heteroatoms. The van der Waals surface area contributed by atoms with E-state index in [0.717, 1.165) is 0 Å². The number of carbonyl (C=O) groups excluding carboxylic acids is 2. The Balaban J connectivity index is 1.19. The van der Waals surface area contributed by atoms with Gasteiger partial charge in [-0.1, -0.05) is 12.1 Å². The van der Waals surface area contributed by atoms with Crippen LogP contribution < -0.4 is 18.9 Å². The number of amides is 2. The Morgan fingerprint density at radius 2 is 1.48 bits per heavy atom. The molecule has 0 aliphatic carbocycles. The maximum atomic E-state index is 12.8. The molecule has 0 aromatic heterocycles. The van der Waals surface area contributed by atoms with E-state index in [4.69, 9.17) is 18.9 Å². The van der Waals surface area contributed by atoms with Crippen LogP contribution in [0.4, 0.5) is 0 Å². The monoisotopic (exact) mass is 396 g/mol. The van der Waals surface area contributed by atoms with E-state index < -0.39 is 6.10 Å². The highest BCUT2D eigenvalue weighted by atomic mass is 16.7. The minimum atomic E-state index is -0.666. The highest BCUT2D eigenvalue weighted by molar-refractivity contribution is 5.95. The molecule has 8 nitrogen and oxygen atoms in total. The van der Waals surface area contributed by atoms with E-state index in [2.05, 4.69) is 0 Å². The van der Waals surface area contributed by atoms with Crippen molar-refractivity contribution in [3.63, 3.8) is 0 Å². The molecule has 150 valence electrons. The van der Waals surface area contributed by atoms with Crippen LogP contribution in [0.15, 0.2) is 42.5 Å². The number of para-hydroxylation sites is 2. The Morgan fingerprint density at radius 1 is 0.793 bits per heavy atom. The van der Waals surface area contributed by atoms with Crippen LogP contribution in [0.5, 0.6) is 23.0 Å². The van der Waals surface area contributed by atoms with Crippen LogP contribution in [-0.4, -0.2) is 67.3 Å². The third-order valence-electron chi connectivity index (χ3n) is 5.28. The zero-order valence-corrected chi connectivity index (χ0v) is 15.7. The second kappa shape index (κ2) is 7.20. The van der Waals surface area contributed by atoms with Gasteiger partial charge < -0.3 is 28.7 Å². The van der Waals surface area contributed by atoms with Crippen LogP contribution in [0.3, 0.4) is 0 Å². The van der Waals surface area contributed by atoms with Crippen molar-refractivity contribution in [1.82, 2.24) is 9.80 Å². The highest BCUT2D eigenvalue weighted by Crippen LogP contribution is 2.33. The van der Waals surface area contributed by atoms with Crippen molar-refractivity contribution >= 4 is 11.8 Å². The molecule has 1 saturated heterocycles. The molecule has 2 aromatic rings. The second-order valence-electron chi connectivity index (χ2n) is 7.05. The second-order valence-corrected chi connectivity index (χ2v) is 7.05. The molecule has 0 bridgehead atoms. The minimum Gasteiger partial charge on any atom is -0.485 e. The van der Waals surface area contributed by atoms with E-state index in [1.54, 1.807) is 34.1 Å². The number of nitrogens with zero attached hydrogens (tertiary/aromatic N) is 2. The van der Waals surface area contributed by atoms with Gasteiger partial charge in [-0.3, -0.25) is 9.59 Å². The standard InChI is InChI=1S/C21H20N2O6/c24-20(14-5-6-16-18(11-14)28-13-27-16)22-7-9-23(10-8-22)21(25)19-12-26-15-3-1-2-4-17(15)29-19/h1-6,11,19H,7-10,12-13H2. The van der Waals surface area contributed by atoms with Crippen molar-refractivity contribution in [3.05, 3.63) is 48.0 Å². The number of rotatable bonds is 2. The lowest BCUT2D eigenvalue weighted by molar-refractivity contribution is -0.142. The van der Waals surface area contributed by atoms with Gasteiger partial charge in [0.25, 0.3) is 11.8 Å². The fourth-order valence-corrected chi connectivity index (χ4v) is 3.69. The first-order chi connectivity index (χ1) is 14.2. The number of hydrogen-bond acceptors (Lipinski definition) is 6. The van der Waals surface area contributed by atoms with E-state index in [0.29, 0.717) is 54.7 Å². The van der Waals surface area contributed by atoms with Crippen LogP contribution in [0.25, 0.3) is 0 Å². The third kappa shape index (κ3) is 3.30. The van der Waals surface area contributed by atoms with Gasteiger partial charge in [0, 0.05) is 31.7 Å². The Hall–Kier alpha value is -3.42. The molecule has 5 rings (SSSR count). The summed E-state index contributed by atoms with van der Waals surface area (Å²) >= 11 is 0. The summed E-state index contributed by atoms with van der Waals surface area (Å²) in [6, 6.07) is 12.5. The summed E-state index contributed by atoms with van der Waals surface area (Å²) in [4.78, 5) is 29.1. The Labute approximate surface area is 167 Å². The molecule has 29 heavy (non-hydrogen) atoms. The van der Waals surface area contributed by atoms with Crippen molar-refractivity contribution in [2.24, 2.45) is 0 Å². The molecule has 1 unspecified atom stereocenters. The normalized spacial score (nSPS) is 19.8. The summed E-state index contributed by atoms with van der Waals surface area (Å²) in [6.45, 7) is 2.19. The first-order valence-corrected chi connectivity index (χ1v) is 9.55. The van der Waals surface area contributed by atoms with Gasteiger partial charge >= 0.3 is 0 Å². The molecule has 1 fully saturated rings. The smallest absolute Gasteiger partial charge is 0.267 e. The number of carbonyl (C=O) groups is 2.